The minimum Gasteiger partial charge on any atom is -0.480 e. The summed E-state index contributed by atoms with van der Waals surface area (Å²) in [5, 5.41) is 11.9. The number of carbonyl (C=O) groups is 1. The average Bonchev–Trinajstić information content (AvgIpc) is 2.39. The van der Waals surface area contributed by atoms with E-state index in [-0.39, 0.29) is 0 Å². The van der Waals surface area contributed by atoms with E-state index in [1.165, 1.54) is 5.56 Å². The lowest BCUT2D eigenvalue weighted by Gasteiger charge is -2.24. The molecule has 100 valence electrons. The van der Waals surface area contributed by atoms with Gasteiger partial charge in [-0.25, -0.2) is 0 Å². The number of carboxylic acid groups (broad SMARTS) is 1. The zero-order chi connectivity index (χ0) is 13.5. The highest BCUT2D eigenvalue weighted by Crippen LogP contribution is 2.24. The predicted octanol–water partition coefficient (Wildman–Crippen LogP) is 2.40. The van der Waals surface area contributed by atoms with E-state index in [0.717, 1.165) is 5.75 Å². The molecule has 3 atom stereocenters. The Morgan fingerprint density at radius 1 is 1.33 bits per heavy atom. The predicted molar refractivity (Wildman–Crippen MR) is 77.3 cm³/mol. The van der Waals surface area contributed by atoms with E-state index in [0.29, 0.717) is 18.4 Å². The molecule has 0 heterocycles. The van der Waals surface area contributed by atoms with Crippen LogP contribution in [-0.4, -0.2) is 29.4 Å². The van der Waals surface area contributed by atoms with E-state index in [9.17, 15) is 4.79 Å². The van der Waals surface area contributed by atoms with E-state index >= 15 is 0 Å². The molecule has 0 saturated carbocycles. The second kappa shape index (κ2) is 7.44. The number of nitrogens with one attached hydrogen (secondary N) is 1. The van der Waals surface area contributed by atoms with Gasteiger partial charge in [0, 0.05) is 6.54 Å². The lowest BCUT2D eigenvalue weighted by molar-refractivity contribution is -0.139. The minimum absolute atomic E-state index is 0.317. The number of aliphatic carboxylic acids is 1. The van der Waals surface area contributed by atoms with Gasteiger partial charge in [0.15, 0.2) is 0 Å². The van der Waals surface area contributed by atoms with Crippen LogP contribution < -0.4 is 5.32 Å². The third-order valence-electron chi connectivity index (χ3n) is 3.32. The van der Waals surface area contributed by atoms with E-state index in [1.54, 1.807) is 6.92 Å². The molecule has 0 spiro atoms. The summed E-state index contributed by atoms with van der Waals surface area (Å²) in [6.07, 6.45) is 0. The molecule has 1 aromatic rings. The third-order valence-corrected chi connectivity index (χ3v) is 3.79. The maximum atomic E-state index is 10.8. The molecule has 4 heteroatoms. The van der Waals surface area contributed by atoms with Gasteiger partial charge in [-0.2, -0.15) is 12.6 Å². The van der Waals surface area contributed by atoms with Gasteiger partial charge in [-0.15, -0.1) is 0 Å². The lowest BCUT2D eigenvalue weighted by Crippen LogP contribution is -2.38. The van der Waals surface area contributed by atoms with Crippen LogP contribution in [0.25, 0.3) is 0 Å². The molecule has 0 bridgehead atoms. The molecule has 0 saturated heterocycles. The van der Waals surface area contributed by atoms with Gasteiger partial charge in [0.25, 0.3) is 0 Å². The van der Waals surface area contributed by atoms with Gasteiger partial charge in [0.1, 0.15) is 6.04 Å². The largest absolute Gasteiger partial charge is 0.480 e. The molecule has 3 unspecified atom stereocenters. The van der Waals surface area contributed by atoms with Crippen LogP contribution in [-0.2, 0) is 4.79 Å². The first-order valence-corrected chi connectivity index (χ1v) is 6.81. The lowest BCUT2D eigenvalue weighted by atomic mass is 9.88. The number of hydrogen-bond acceptors (Lipinski definition) is 3. The summed E-state index contributed by atoms with van der Waals surface area (Å²) in [6.45, 7) is 4.47. The molecule has 0 amide bonds. The zero-order valence-corrected chi connectivity index (χ0v) is 11.7. The van der Waals surface area contributed by atoms with Crippen LogP contribution >= 0.6 is 12.6 Å². The van der Waals surface area contributed by atoms with E-state index in [2.05, 4.69) is 37.0 Å². The van der Waals surface area contributed by atoms with Crippen LogP contribution in [0, 0.1) is 5.92 Å². The summed E-state index contributed by atoms with van der Waals surface area (Å²) in [7, 11) is 0. The van der Waals surface area contributed by atoms with Gasteiger partial charge in [-0.1, -0.05) is 37.3 Å². The number of benzene rings is 1. The highest BCUT2D eigenvalue weighted by molar-refractivity contribution is 7.80. The molecule has 0 aliphatic rings. The zero-order valence-electron chi connectivity index (χ0n) is 10.8. The number of rotatable bonds is 7. The Labute approximate surface area is 114 Å². The maximum absolute atomic E-state index is 10.8. The average molecular weight is 267 g/mol. The number of carboxylic acids is 1. The SMILES string of the molecule is CC(NCC(CS)C(C)c1ccccc1)C(=O)O. The van der Waals surface area contributed by atoms with E-state index < -0.39 is 12.0 Å². The summed E-state index contributed by atoms with van der Waals surface area (Å²) in [6, 6.07) is 9.72. The second-order valence-electron chi connectivity index (χ2n) is 4.61. The summed E-state index contributed by atoms with van der Waals surface area (Å²) in [5.74, 6) is 0.588. The van der Waals surface area contributed by atoms with Crippen LogP contribution in [0.3, 0.4) is 0 Å². The highest BCUT2D eigenvalue weighted by Gasteiger charge is 2.19. The Morgan fingerprint density at radius 2 is 1.94 bits per heavy atom. The molecule has 18 heavy (non-hydrogen) atoms. The van der Waals surface area contributed by atoms with E-state index in [4.69, 9.17) is 5.11 Å². The molecule has 0 aliphatic heterocycles. The van der Waals surface area contributed by atoms with Crippen molar-refractivity contribution < 1.29 is 9.90 Å². The van der Waals surface area contributed by atoms with Crippen molar-refractivity contribution in [2.24, 2.45) is 5.92 Å². The maximum Gasteiger partial charge on any atom is 0.320 e. The van der Waals surface area contributed by atoms with Gasteiger partial charge in [0.05, 0.1) is 0 Å². The van der Waals surface area contributed by atoms with Crippen molar-refractivity contribution in [2.45, 2.75) is 25.8 Å². The summed E-state index contributed by atoms with van der Waals surface area (Å²) >= 11 is 4.37. The molecule has 0 aromatic heterocycles. The van der Waals surface area contributed by atoms with Gasteiger partial charge in [0.2, 0.25) is 0 Å². The van der Waals surface area contributed by atoms with Crippen LogP contribution in [0.4, 0.5) is 0 Å². The molecule has 0 fully saturated rings. The minimum atomic E-state index is -0.819. The van der Waals surface area contributed by atoms with Gasteiger partial charge in [-0.05, 0) is 30.1 Å². The fourth-order valence-corrected chi connectivity index (χ4v) is 2.29. The molecule has 0 radical (unpaired) electrons. The van der Waals surface area contributed by atoms with Gasteiger partial charge >= 0.3 is 5.97 Å². The van der Waals surface area contributed by atoms with Crippen molar-refractivity contribution in [1.82, 2.24) is 5.32 Å². The van der Waals surface area contributed by atoms with Crippen molar-refractivity contribution in [3.05, 3.63) is 35.9 Å². The van der Waals surface area contributed by atoms with Crippen LogP contribution in [0.2, 0.25) is 0 Å². The van der Waals surface area contributed by atoms with Crippen molar-refractivity contribution in [3.8, 4) is 0 Å². The normalized spacial score (nSPS) is 15.9. The molecular weight excluding hydrogens is 246 g/mol. The van der Waals surface area contributed by atoms with Crippen LogP contribution in [0.5, 0.6) is 0 Å². The molecule has 1 rings (SSSR count). The fraction of sp³-hybridized carbons (Fsp3) is 0.500. The first-order chi connectivity index (χ1) is 8.56. The first kappa shape index (κ1) is 15.1. The Morgan fingerprint density at radius 3 is 2.44 bits per heavy atom. The molecule has 2 N–H and O–H groups in total. The fourth-order valence-electron chi connectivity index (χ4n) is 1.84. The third kappa shape index (κ3) is 4.35. The quantitative estimate of drug-likeness (QED) is 0.665. The second-order valence-corrected chi connectivity index (χ2v) is 4.98. The number of thiol groups is 1. The summed E-state index contributed by atoms with van der Waals surface area (Å²) < 4.78 is 0. The highest BCUT2D eigenvalue weighted by atomic mass is 32.1. The monoisotopic (exact) mass is 267 g/mol. The topological polar surface area (TPSA) is 49.3 Å². The van der Waals surface area contributed by atoms with Crippen LogP contribution in [0.1, 0.15) is 25.3 Å². The standard InChI is InChI=1S/C14H21NO2S/c1-10(12-6-4-3-5-7-12)13(9-18)8-15-11(2)14(16)17/h3-7,10-11,13,15,18H,8-9H2,1-2H3,(H,16,17). The Kier molecular flexibility index (Phi) is 6.22. The molecule has 0 aliphatic carbocycles. The smallest absolute Gasteiger partial charge is 0.320 e. The van der Waals surface area contributed by atoms with Crippen molar-refractivity contribution in [3.63, 3.8) is 0 Å². The molecular formula is C14H21NO2S. The summed E-state index contributed by atoms with van der Waals surface area (Å²) in [4.78, 5) is 10.8. The first-order valence-electron chi connectivity index (χ1n) is 6.18. The van der Waals surface area contributed by atoms with Crippen molar-refractivity contribution in [2.75, 3.05) is 12.3 Å². The van der Waals surface area contributed by atoms with Gasteiger partial charge < -0.3 is 10.4 Å². The van der Waals surface area contributed by atoms with Gasteiger partial charge in [-0.3, -0.25) is 4.79 Å². The Bertz CT molecular complexity index is 369. The Balaban J connectivity index is 2.58. The summed E-state index contributed by atoms with van der Waals surface area (Å²) in [5.41, 5.74) is 1.27. The van der Waals surface area contributed by atoms with Crippen molar-refractivity contribution in [1.29, 1.82) is 0 Å². The van der Waals surface area contributed by atoms with E-state index in [1.807, 2.05) is 18.2 Å². The van der Waals surface area contributed by atoms with Crippen LogP contribution in [0.15, 0.2) is 30.3 Å². The number of hydrogen-bond donors (Lipinski definition) is 3. The Hall–Kier alpha value is -1.00. The molecule has 1 aromatic carbocycles. The van der Waals surface area contributed by atoms with Crippen molar-refractivity contribution >= 4 is 18.6 Å². The molecule has 3 nitrogen and oxygen atoms in total.